The number of aliphatic hydroxyl groups is 1. The van der Waals surface area contributed by atoms with Crippen molar-refractivity contribution >= 4 is 17.2 Å². The zero-order valence-electron chi connectivity index (χ0n) is 11.2. The van der Waals surface area contributed by atoms with Gasteiger partial charge >= 0.3 is 0 Å². The van der Waals surface area contributed by atoms with Crippen LogP contribution < -0.4 is 0 Å². The van der Waals surface area contributed by atoms with E-state index >= 15 is 0 Å². The molecule has 2 rings (SSSR count). The fourth-order valence-electron chi connectivity index (χ4n) is 2.17. The van der Waals surface area contributed by atoms with Crippen molar-refractivity contribution in [3.05, 3.63) is 21.9 Å². The van der Waals surface area contributed by atoms with Gasteiger partial charge in [0, 0.05) is 18.5 Å². The molecule has 1 heterocycles. The number of carbonyl (C=O) groups is 1. The van der Waals surface area contributed by atoms with Crippen molar-refractivity contribution < 1.29 is 9.90 Å². The molecule has 1 fully saturated rings. The molecule has 0 aromatic carbocycles. The lowest BCUT2D eigenvalue weighted by Crippen LogP contribution is -2.37. The molecule has 1 N–H and O–H groups in total. The third kappa shape index (κ3) is 3.59. The zero-order chi connectivity index (χ0) is 13.7. The highest BCUT2D eigenvalue weighted by molar-refractivity contribution is 7.10. The van der Waals surface area contributed by atoms with Crippen LogP contribution in [0.25, 0.3) is 0 Å². The van der Waals surface area contributed by atoms with Gasteiger partial charge in [-0.2, -0.15) is 0 Å². The molecule has 0 radical (unpaired) electrons. The first kappa shape index (κ1) is 14.1. The molecule has 1 aromatic rings. The van der Waals surface area contributed by atoms with Crippen LogP contribution in [-0.2, 0) is 0 Å². The lowest BCUT2D eigenvalue weighted by molar-refractivity contribution is 0.0707. The topological polar surface area (TPSA) is 40.5 Å². The molecular formula is C15H19NO2S. The maximum absolute atomic E-state index is 12.4. The van der Waals surface area contributed by atoms with Gasteiger partial charge in [0.2, 0.25) is 0 Å². The fraction of sp³-hybridized carbons (Fsp3) is 0.533. The standard InChI is InChI=1S/C15H19NO2S/c1-2-16(10-12-5-3-6-12)15(18)13-9-14(19-11-13)7-4-8-17/h9,11-12,17H,2-3,5-6,8,10H2,1H3. The normalized spacial score (nSPS) is 14.4. The molecule has 1 amide bonds. The van der Waals surface area contributed by atoms with Gasteiger partial charge in [0.15, 0.2) is 0 Å². The second kappa shape index (κ2) is 6.74. The first-order chi connectivity index (χ1) is 9.24. The molecule has 1 aliphatic carbocycles. The van der Waals surface area contributed by atoms with E-state index in [1.165, 1.54) is 30.6 Å². The number of hydrogen-bond donors (Lipinski definition) is 1. The summed E-state index contributed by atoms with van der Waals surface area (Å²) in [6.45, 7) is 3.50. The lowest BCUT2D eigenvalue weighted by Gasteiger charge is -2.31. The maximum Gasteiger partial charge on any atom is 0.254 e. The molecule has 0 saturated heterocycles. The highest BCUT2D eigenvalue weighted by Crippen LogP contribution is 2.27. The molecule has 1 saturated carbocycles. The minimum Gasteiger partial charge on any atom is -0.384 e. The van der Waals surface area contributed by atoms with Crippen LogP contribution in [-0.4, -0.2) is 35.6 Å². The number of hydrogen-bond acceptors (Lipinski definition) is 3. The van der Waals surface area contributed by atoms with Gasteiger partial charge in [-0.15, -0.1) is 11.3 Å². The van der Waals surface area contributed by atoms with Crippen LogP contribution in [0.2, 0.25) is 0 Å². The summed E-state index contributed by atoms with van der Waals surface area (Å²) in [6.07, 6.45) is 3.80. The van der Waals surface area contributed by atoms with Gasteiger partial charge in [-0.1, -0.05) is 18.3 Å². The summed E-state index contributed by atoms with van der Waals surface area (Å²) in [7, 11) is 0. The van der Waals surface area contributed by atoms with Gasteiger partial charge in [0.05, 0.1) is 10.4 Å². The van der Waals surface area contributed by atoms with Gasteiger partial charge in [-0.25, -0.2) is 0 Å². The first-order valence-corrected chi connectivity index (χ1v) is 7.60. The summed E-state index contributed by atoms with van der Waals surface area (Å²) in [5.41, 5.74) is 0.716. The van der Waals surface area contributed by atoms with E-state index in [0.29, 0.717) is 11.5 Å². The van der Waals surface area contributed by atoms with E-state index in [1.54, 1.807) is 0 Å². The maximum atomic E-state index is 12.4. The summed E-state index contributed by atoms with van der Waals surface area (Å²) < 4.78 is 0. The molecule has 102 valence electrons. The Morgan fingerprint density at radius 1 is 1.58 bits per heavy atom. The van der Waals surface area contributed by atoms with Gasteiger partial charge < -0.3 is 10.0 Å². The van der Waals surface area contributed by atoms with Crippen molar-refractivity contribution in [2.75, 3.05) is 19.7 Å². The summed E-state index contributed by atoms with van der Waals surface area (Å²) in [5, 5.41) is 10.5. The largest absolute Gasteiger partial charge is 0.384 e. The molecule has 0 spiro atoms. The number of nitrogens with zero attached hydrogens (tertiary/aromatic N) is 1. The van der Waals surface area contributed by atoms with Crippen molar-refractivity contribution in [1.82, 2.24) is 4.90 Å². The monoisotopic (exact) mass is 277 g/mol. The second-order valence-electron chi connectivity index (χ2n) is 4.80. The summed E-state index contributed by atoms with van der Waals surface area (Å²) in [4.78, 5) is 15.1. The smallest absolute Gasteiger partial charge is 0.254 e. The molecule has 3 nitrogen and oxygen atoms in total. The Balaban J connectivity index is 2.01. The van der Waals surface area contributed by atoms with Crippen LogP contribution in [0, 0.1) is 17.8 Å². The zero-order valence-corrected chi connectivity index (χ0v) is 12.0. The molecular weight excluding hydrogens is 258 g/mol. The Morgan fingerprint density at radius 3 is 2.95 bits per heavy atom. The Hall–Kier alpha value is -1.31. The van der Waals surface area contributed by atoms with Crippen molar-refractivity contribution in [1.29, 1.82) is 0 Å². The predicted molar refractivity (Wildman–Crippen MR) is 77.2 cm³/mol. The van der Waals surface area contributed by atoms with Crippen molar-refractivity contribution in [3.63, 3.8) is 0 Å². The average molecular weight is 277 g/mol. The Morgan fingerprint density at radius 2 is 2.37 bits per heavy atom. The number of carbonyl (C=O) groups excluding carboxylic acids is 1. The highest BCUT2D eigenvalue weighted by atomic mass is 32.1. The number of rotatable bonds is 4. The second-order valence-corrected chi connectivity index (χ2v) is 5.71. The molecule has 19 heavy (non-hydrogen) atoms. The SMILES string of the molecule is CCN(CC1CCC1)C(=O)c1csc(C#CCO)c1. The van der Waals surface area contributed by atoms with Crippen LogP contribution in [0.1, 0.15) is 41.4 Å². The molecule has 0 atom stereocenters. The van der Waals surface area contributed by atoms with E-state index in [-0.39, 0.29) is 12.5 Å². The lowest BCUT2D eigenvalue weighted by atomic mass is 9.85. The average Bonchev–Trinajstić information content (AvgIpc) is 2.83. The minimum atomic E-state index is -0.149. The first-order valence-electron chi connectivity index (χ1n) is 6.72. The van der Waals surface area contributed by atoms with Crippen LogP contribution in [0.4, 0.5) is 0 Å². The molecule has 0 aliphatic heterocycles. The van der Waals surface area contributed by atoms with Crippen LogP contribution in [0.3, 0.4) is 0 Å². The molecule has 0 unspecified atom stereocenters. The van der Waals surface area contributed by atoms with Gasteiger partial charge in [0.25, 0.3) is 5.91 Å². The molecule has 4 heteroatoms. The fourth-order valence-corrected chi connectivity index (χ4v) is 2.91. The number of thiophene rings is 1. The van der Waals surface area contributed by atoms with Crippen molar-refractivity contribution in [3.8, 4) is 11.8 Å². The summed E-state index contributed by atoms with van der Waals surface area (Å²) in [5.74, 6) is 6.23. The highest BCUT2D eigenvalue weighted by Gasteiger charge is 2.23. The van der Waals surface area contributed by atoms with E-state index in [1.807, 2.05) is 23.3 Å². The van der Waals surface area contributed by atoms with Crippen LogP contribution in [0.15, 0.2) is 11.4 Å². The Kier molecular flexibility index (Phi) is 5.00. The van der Waals surface area contributed by atoms with E-state index in [4.69, 9.17) is 5.11 Å². The summed E-state index contributed by atoms with van der Waals surface area (Å²) in [6, 6.07) is 1.82. The number of amides is 1. The molecule has 1 aliphatic rings. The van der Waals surface area contributed by atoms with Gasteiger partial charge in [0.1, 0.15) is 6.61 Å². The predicted octanol–water partition coefficient (Wildman–Crippen LogP) is 2.35. The van der Waals surface area contributed by atoms with E-state index in [9.17, 15) is 4.79 Å². The van der Waals surface area contributed by atoms with E-state index in [0.717, 1.165) is 18.0 Å². The Bertz CT molecular complexity index is 494. The van der Waals surface area contributed by atoms with Gasteiger partial charge in [-0.3, -0.25) is 4.79 Å². The number of aliphatic hydroxyl groups excluding tert-OH is 1. The van der Waals surface area contributed by atoms with Crippen molar-refractivity contribution in [2.24, 2.45) is 5.92 Å². The summed E-state index contributed by atoms with van der Waals surface area (Å²) >= 11 is 1.45. The quantitative estimate of drug-likeness (QED) is 0.858. The third-order valence-electron chi connectivity index (χ3n) is 3.51. The van der Waals surface area contributed by atoms with E-state index in [2.05, 4.69) is 11.8 Å². The molecule has 1 aromatic heterocycles. The Labute approximate surface area is 118 Å². The van der Waals surface area contributed by atoms with Crippen LogP contribution in [0.5, 0.6) is 0 Å². The van der Waals surface area contributed by atoms with E-state index < -0.39 is 0 Å². The third-order valence-corrected chi connectivity index (χ3v) is 4.35. The van der Waals surface area contributed by atoms with Crippen LogP contribution >= 0.6 is 11.3 Å². The van der Waals surface area contributed by atoms with Crippen molar-refractivity contribution in [2.45, 2.75) is 26.2 Å². The minimum absolute atomic E-state index is 0.0997. The molecule has 0 bridgehead atoms. The van der Waals surface area contributed by atoms with Gasteiger partial charge in [-0.05, 0) is 31.7 Å².